The first-order chi connectivity index (χ1) is 8.28. The third-order valence-corrected chi connectivity index (χ3v) is 3.10. The number of aryl methyl sites for hydroxylation is 1. The molecule has 0 spiro atoms. The van der Waals surface area contributed by atoms with Gasteiger partial charge in [0.1, 0.15) is 18.0 Å². The zero-order valence-electron chi connectivity index (χ0n) is 9.90. The minimum absolute atomic E-state index is 0.812. The minimum atomic E-state index is 0.812. The standard InChI is InChI=1S/C11H15N5S/c1-8-16-9(6-17-8)3-4-13-11-5-10(12-2)14-7-15-11/h5-7H,3-4H2,1-2H3,(H2,12,13,14,15). The van der Waals surface area contributed by atoms with Gasteiger partial charge in [-0.2, -0.15) is 0 Å². The number of thiazole rings is 1. The fourth-order valence-corrected chi connectivity index (χ4v) is 2.08. The zero-order valence-corrected chi connectivity index (χ0v) is 10.7. The van der Waals surface area contributed by atoms with Crippen molar-refractivity contribution in [1.29, 1.82) is 0 Å². The van der Waals surface area contributed by atoms with Crippen LogP contribution in [0.5, 0.6) is 0 Å². The van der Waals surface area contributed by atoms with Crippen molar-refractivity contribution >= 4 is 23.0 Å². The second-order valence-corrected chi connectivity index (χ2v) is 4.64. The maximum absolute atomic E-state index is 4.41. The van der Waals surface area contributed by atoms with Gasteiger partial charge in [0.05, 0.1) is 10.7 Å². The van der Waals surface area contributed by atoms with E-state index in [9.17, 15) is 0 Å². The average molecular weight is 249 g/mol. The van der Waals surface area contributed by atoms with Crippen molar-refractivity contribution in [3.05, 3.63) is 28.5 Å². The molecule has 2 N–H and O–H groups in total. The fraction of sp³-hybridized carbons (Fsp3) is 0.364. The predicted octanol–water partition coefficient (Wildman–Crippen LogP) is 1.94. The second-order valence-electron chi connectivity index (χ2n) is 3.57. The van der Waals surface area contributed by atoms with E-state index in [0.29, 0.717) is 0 Å². The van der Waals surface area contributed by atoms with E-state index in [0.717, 1.165) is 35.3 Å². The Kier molecular flexibility index (Phi) is 3.87. The molecular formula is C11H15N5S. The van der Waals surface area contributed by atoms with E-state index in [4.69, 9.17) is 0 Å². The van der Waals surface area contributed by atoms with Crippen molar-refractivity contribution in [3.63, 3.8) is 0 Å². The van der Waals surface area contributed by atoms with E-state index in [1.807, 2.05) is 20.0 Å². The van der Waals surface area contributed by atoms with Crippen LogP contribution in [0.25, 0.3) is 0 Å². The van der Waals surface area contributed by atoms with E-state index < -0.39 is 0 Å². The molecule has 90 valence electrons. The Morgan fingerprint density at radius 2 is 2.12 bits per heavy atom. The fourth-order valence-electron chi connectivity index (χ4n) is 1.43. The first-order valence-electron chi connectivity index (χ1n) is 5.42. The number of nitrogens with one attached hydrogen (secondary N) is 2. The Hall–Kier alpha value is -1.69. The molecule has 5 nitrogen and oxygen atoms in total. The van der Waals surface area contributed by atoms with Crippen LogP contribution in [0.3, 0.4) is 0 Å². The number of anilines is 2. The molecule has 6 heteroatoms. The molecule has 0 bridgehead atoms. The molecule has 0 aliphatic rings. The van der Waals surface area contributed by atoms with Gasteiger partial charge < -0.3 is 10.6 Å². The summed E-state index contributed by atoms with van der Waals surface area (Å²) in [5.74, 6) is 1.64. The lowest BCUT2D eigenvalue weighted by molar-refractivity contribution is 0.957. The highest BCUT2D eigenvalue weighted by Gasteiger charge is 1.99. The van der Waals surface area contributed by atoms with Gasteiger partial charge in [0, 0.05) is 31.5 Å². The van der Waals surface area contributed by atoms with E-state index in [1.165, 1.54) is 0 Å². The summed E-state index contributed by atoms with van der Waals surface area (Å²) in [6.45, 7) is 2.84. The number of rotatable bonds is 5. The van der Waals surface area contributed by atoms with E-state index >= 15 is 0 Å². The van der Waals surface area contributed by atoms with Gasteiger partial charge in [-0.3, -0.25) is 0 Å². The lowest BCUT2D eigenvalue weighted by atomic mass is 10.3. The highest BCUT2D eigenvalue weighted by molar-refractivity contribution is 7.09. The van der Waals surface area contributed by atoms with Crippen LogP contribution < -0.4 is 10.6 Å². The molecule has 0 unspecified atom stereocenters. The molecular weight excluding hydrogens is 234 g/mol. The van der Waals surface area contributed by atoms with Crippen molar-refractivity contribution in [2.45, 2.75) is 13.3 Å². The van der Waals surface area contributed by atoms with E-state index in [-0.39, 0.29) is 0 Å². The van der Waals surface area contributed by atoms with E-state index in [2.05, 4.69) is 31.0 Å². The summed E-state index contributed by atoms with van der Waals surface area (Å²) >= 11 is 1.68. The van der Waals surface area contributed by atoms with Gasteiger partial charge in [-0.25, -0.2) is 15.0 Å². The molecule has 2 aromatic rings. The van der Waals surface area contributed by atoms with Crippen LogP contribution in [0, 0.1) is 6.92 Å². The molecule has 0 amide bonds. The van der Waals surface area contributed by atoms with Crippen molar-refractivity contribution in [3.8, 4) is 0 Å². The third kappa shape index (κ3) is 3.39. The molecule has 0 aromatic carbocycles. The Balaban J connectivity index is 1.85. The molecule has 0 aliphatic heterocycles. The molecule has 17 heavy (non-hydrogen) atoms. The number of aromatic nitrogens is 3. The van der Waals surface area contributed by atoms with E-state index in [1.54, 1.807) is 17.7 Å². The van der Waals surface area contributed by atoms with Gasteiger partial charge in [-0.1, -0.05) is 0 Å². The molecule has 0 saturated carbocycles. The summed E-state index contributed by atoms with van der Waals surface area (Å²) in [6.07, 6.45) is 2.45. The predicted molar refractivity (Wildman–Crippen MR) is 70.6 cm³/mol. The van der Waals surface area contributed by atoms with Crippen LogP contribution in [-0.4, -0.2) is 28.5 Å². The monoisotopic (exact) mass is 249 g/mol. The van der Waals surface area contributed by atoms with Gasteiger partial charge in [-0.15, -0.1) is 11.3 Å². The second kappa shape index (κ2) is 5.58. The van der Waals surface area contributed by atoms with Gasteiger partial charge >= 0.3 is 0 Å². The molecule has 2 rings (SSSR count). The van der Waals surface area contributed by atoms with Crippen LogP contribution in [-0.2, 0) is 6.42 Å². The quantitative estimate of drug-likeness (QED) is 0.848. The molecule has 2 aromatic heterocycles. The molecule has 2 heterocycles. The summed E-state index contributed by atoms with van der Waals surface area (Å²) in [4.78, 5) is 12.6. The molecule has 0 atom stereocenters. The van der Waals surface area contributed by atoms with Gasteiger partial charge in [-0.05, 0) is 6.92 Å². The Labute approximate surface area is 104 Å². The van der Waals surface area contributed by atoms with Gasteiger partial charge in [0.15, 0.2) is 0 Å². The summed E-state index contributed by atoms with van der Waals surface area (Å²) in [7, 11) is 1.84. The van der Waals surface area contributed by atoms with Crippen molar-refractivity contribution in [2.24, 2.45) is 0 Å². The van der Waals surface area contributed by atoms with Crippen LogP contribution in [0.15, 0.2) is 17.8 Å². The summed E-state index contributed by atoms with van der Waals surface area (Å²) < 4.78 is 0. The maximum Gasteiger partial charge on any atom is 0.131 e. The summed E-state index contributed by atoms with van der Waals surface area (Å²) in [5, 5.41) is 9.43. The lowest BCUT2D eigenvalue weighted by Gasteiger charge is -2.05. The summed E-state index contributed by atoms with van der Waals surface area (Å²) in [6, 6.07) is 1.88. The number of hydrogen-bond acceptors (Lipinski definition) is 6. The molecule has 0 saturated heterocycles. The topological polar surface area (TPSA) is 62.7 Å². The minimum Gasteiger partial charge on any atom is -0.373 e. The van der Waals surface area contributed by atoms with Crippen LogP contribution >= 0.6 is 11.3 Å². The van der Waals surface area contributed by atoms with Crippen molar-refractivity contribution in [2.75, 3.05) is 24.2 Å². The highest BCUT2D eigenvalue weighted by atomic mass is 32.1. The van der Waals surface area contributed by atoms with Gasteiger partial charge in [0.25, 0.3) is 0 Å². The zero-order chi connectivity index (χ0) is 12.1. The van der Waals surface area contributed by atoms with Crippen LogP contribution in [0.4, 0.5) is 11.6 Å². The number of nitrogens with zero attached hydrogens (tertiary/aromatic N) is 3. The summed E-state index contributed by atoms with van der Waals surface area (Å²) in [5.41, 5.74) is 1.13. The first-order valence-corrected chi connectivity index (χ1v) is 6.30. The Morgan fingerprint density at radius 1 is 1.29 bits per heavy atom. The maximum atomic E-state index is 4.41. The lowest BCUT2D eigenvalue weighted by Crippen LogP contribution is -2.07. The highest BCUT2D eigenvalue weighted by Crippen LogP contribution is 2.10. The van der Waals surface area contributed by atoms with Crippen LogP contribution in [0.1, 0.15) is 10.7 Å². The van der Waals surface area contributed by atoms with Crippen molar-refractivity contribution in [1.82, 2.24) is 15.0 Å². The van der Waals surface area contributed by atoms with Crippen molar-refractivity contribution < 1.29 is 0 Å². The molecule has 0 aliphatic carbocycles. The third-order valence-electron chi connectivity index (χ3n) is 2.28. The molecule has 0 radical (unpaired) electrons. The largest absolute Gasteiger partial charge is 0.373 e. The normalized spacial score (nSPS) is 10.2. The Morgan fingerprint density at radius 3 is 2.82 bits per heavy atom. The number of hydrogen-bond donors (Lipinski definition) is 2. The Bertz CT molecular complexity index is 482. The SMILES string of the molecule is CNc1cc(NCCc2csc(C)n2)ncn1. The van der Waals surface area contributed by atoms with Crippen LogP contribution in [0.2, 0.25) is 0 Å². The molecule has 0 fully saturated rings. The smallest absolute Gasteiger partial charge is 0.131 e. The average Bonchev–Trinajstić information content (AvgIpc) is 2.75. The van der Waals surface area contributed by atoms with Gasteiger partial charge in [0.2, 0.25) is 0 Å². The first kappa shape index (κ1) is 11.8.